The average Bonchev–Trinajstić information content (AvgIpc) is 2.26. The molecule has 0 unspecified atom stereocenters. The minimum atomic E-state index is -4.31. The van der Waals surface area contributed by atoms with E-state index in [0.717, 1.165) is 0 Å². The largest absolute Gasteiger partial charge is 0.390 e. The molecule has 1 rings (SSSR count). The summed E-state index contributed by atoms with van der Waals surface area (Å²) in [6, 6.07) is 4.11. The molecule has 0 fully saturated rings. The Balaban J connectivity index is 2.85. The summed E-state index contributed by atoms with van der Waals surface area (Å²) in [7, 11) is 0. The highest BCUT2D eigenvalue weighted by Crippen LogP contribution is 2.32. The van der Waals surface area contributed by atoms with E-state index in [1.807, 2.05) is 0 Å². The zero-order chi connectivity index (χ0) is 13.8. The lowest BCUT2D eigenvalue weighted by atomic mass is 10.2. The van der Waals surface area contributed by atoms with E-state index in [0.29, 0.717) is 0 Å². The van der Waals surface area contributed by atoms with E-state index in [2.05, 4.69) is 10.7 Å². The molecule has 18 heavy (non-hydrogen) atoms. The van der Waals surface area contributed by atoms with Gasteiger partial charge in [-0.05, 0) is 12.1 Å². The van der Waals surface area contributed by atoms with Gasteiger partial charge in [0.25, 0.3) is 0 Å². The molecule has 0 aromatic heterocycles. The van der Waals surface area contributed by atoms with Crippen LogP contribution in [-0.2, 0) is 0 Å². The van der Waals surface area contributed by atoms with Crippen molar-refractivity contribution in [2.24, 2.45) is 5.84 Å². The third-order valence-corrected chi connectivity index (χ3v) is 2.10. The number of nitrogens with zero attached hydrogens (tertiary/aromatic N) is 1. The maximum atomic E-state index is 12.0. The van der Waals surface area contributed by atoms with Gasteiger partial charge in [-0.15, -0.1) is 0 Å². The lowest BCUT2D eigenvalue weighted by Gasteiger charge is -2.11. The number of nitrogen functional groups attached to an aromatic ring is 1. The van der Waals surface area contributed by atoms with Crippen LogP contribution in [-0.4, -0.2) is 17.6 Å². The Hall–Kier alpha value is -2.03. The Labute approximate surface area is 100 Å². The molecule has 0 aliphatic rings. The second-order valence-electron chi connectivity index (χ2n) is 3.40. The van der Waals surface area contributed by atoms with Gasteiger partial charge in [-0.2, -0.15) is 13.2 Å². The van der Waals surface area contributed by atoms with Gasteiger partial charge in [0, 0.05) is 6.54 Å². The van der Waals surface area contributed by atoms with Gasteiger partial charge in [-0.1, -0.05) is 6.07 Å². The number of benzene rings is 1. The number of nitrogens with one attached hydrogen (secondary N) is 2. The van der Waals surface area contributed by atoms with Crippen LogP contribution in [0, 0.1) is 10.1 Å². The van der Waals surface area contributed by atoms with Gasteiger partial charge < -0.3 is 10.7 Å². The summed E-state index contributed by atoms with van der Waals surface area (Å²) in [5.41, 5.74) is 1.74. The van der Waals surface area contributed by atoms with Gasteiger partial charge in [0.1, 0.15) is 11.4 Å². The van der Waals surface area contributed by atoms with Crippen LogP contribution in [0.15, 0.2) is 18.2 Å². The lowest BCUT2D eigenvalue weighted by Crippen LogP contribution is -2.16. The second-order valence-corrected chi connectivity index (χ2v) is 3.40. The third kappa shape index (κ3) is 3.77. The van der Waals surface area contributed by atoms with Crippen LogP contribution in [0.4, 0.5) is 30.2 Å². The number of nitro benzene ring substituents is 1. The minimum absolute atomic E-state index is 0.0142. The van der Waals surface area contributed by atoms with Gasteiger partial charge in [-0.3, -0.25) is 16.0 Å². The molecule has 1 aromatic carbocycles. The first kappa shape index (κ1) is 14.0. The number of hydrogen-bond acceptors (Lipinski definition) is 5. The van der Waals surface area contributed by atoms with Crippen LogP contribution < -0.4 is 16.6 Å². The van der Waals surface area contributed by atoms with Crippen molar-refractivity contribution < 1.29 is 18.1 Å². The van der Waals surface area contributed by atoms with Gasteiger partial charge in [0.05, 0.1) is 11.3 Å². The summed E-state index contributed by atoms with van der Waals surface area (Å²) in [5, 5.41) is 13.2. The Morgan fingerprint density at radius 3 is 2.44 bits per heavy atom. The Kier molecular flexibility index (Phi) is 4.32. The highest BCUT2D eigenvalue weighted by molar-refractivity contribution is 5.75. The molecular weight excluding hydrogens is 253 g/mol. The normalized spacial score (nSPS) is 11.1. The van der Waals surface area contributed by atoms with E-state index < -0.39 is 24.1 Å². The number of hydrazine groups is 1. The number of hydrogen-bond donors (Lipinski definition) is 3. The number of nitro groups is 1. The zero-order valence-corrected chi connectivity index (χ0v) is 9.12. The second kappa shape index (κ2) is 5.54. The summed E-state index contributed by atoms with van der Waals surface area (Å²) >= 11 is 0. The molecule has 0 spiro atoms. The molecule has 100 valence electrons. The number of rotatable bonds is 5. The van der Waals surface area contributed by atoms with E-state index >= 15 is 0 Å². The molecule has 0 aliphatic heterocycles. The Bertz CT molecular complexity index is 436. The van der Waals surface area contributed by atoms with E-state index in [9.17, 15) is 23.3 Å². The summed E-state index contributed by atoms with van der Waals surface area (Å²) in [6.07, 6.45) is -5.39. The Morgan fingerprint density at radius 1 is 1.33 bits per heavy atom. The average molecular weight is 264 g/mol. The molecule has 0 aliphatic carbocycles. The quantitative estimate of drug-likeness (QED) is 0.431. The standard InChI is InChI=1S/C9H11F3N4O2/c10-9(11,12)4-5-14-6-2-1-3-7(15-13)8(6)16(17)18/h1-3,14-15H,4-5,13H2. The lowest BCUT2D eigenvalue weighted by molar-refractivity contribution is -0.383. The van der Waals surface area contributed by atoms with E-state index in [-0.39, 0.29) is 17.1 Å². The maximum absolute atomic E-state index is 12.0. The topological polar surface area (TPSA) is 93.2 Å². The van der Waals surface area contributed by atoms with Crippen LogP contribution in [0.3, 0.4) is 0 Å². The van der Waals surface area contributed by atoms with Crippen molar-refractivity contribution >= 4 is 17.1 Å². The number of anilines is 2. The molecule has 0 amide bonds. The highest BCUT2D eigenvalue weighted by Gasteiger charge is 2.27. The molecule has 0 saturated heterocycles. The fourth-order valence-electron chi connectivity index (χ4n) is 1.34. The monoisotopic (exact) mass is 264 g/mol. The summed E-state index contributed by atoms with van der Waals surface area (Å²) in [6.45, 7) is -0.446. The van der Waals surface area contributed by atoms with Crippen molar-refractivity contribution in [2.75, 3.05) is 17.3 Å². The van der Waals surface area contributed by atoms with Crippen molar-refractivity contribution in [1.82, 2.24) is 0 Å². The number of halogens is 3. The predicted molar refractivity (Wildman–Crippen MR) is 60.1 cm³/mol. The van der Waals surface area contributed by atoms with E-state index in [4.69, 9.17) is 5.84 Å². The maximum Gasteiger partial charge on any atom is 0.390 e. The highest BCUT2D eigenvalue weighted by atomic mass is 19.4. The van der Waals surface area contributed by atoms with Gasteiger partial charge >= 0.3 is 11.9 Å². The summed E-state index contributed by atoms with van der Waals surface area (Å²) in [4.78, 5) is 10.1. The van der Waals surface area contributed by atoms with Crippen molar-refractivity contribution in [2.45, 2.75) is 12.6 Å². The molecule has 0 bridgehead atoms. The molecule has 0 radical (unpaired) electrons. The molecule has 6 nitrogen and oxygen atoms in total. The van der Waals surface area contributed by atoms with Crippen LogP contribution >= 0.6 is 0 Å². The van der Waals surface area contributed by atoms with Gasteiger partial charge in [0.15, 0.2) is 0 Å². The first-order chi connectivity index (χ1) is 8.35. The fraction of sp³-hybridized carbons (Fsp3) is 0.333. The van der Waals surface area contributed by atoms with Crippen LogP contribution in [0.1, 0.15) is 6.42 Å². The number of alkyl halides is 3. The van der Waals surface area contributed by atoms with Crippen molar-refractivity contribution in [3.8, 4) is 0 Å². The Morgan fingerprint density at radius 2 is 1.94 bits per heavy atom. The van der Waals surface area contributed by atoms with E-state index in [1.165, 1.54) is 18.2 Å². The molecular formula is C9H11F3N4O2. The van der Waals surface area contributed by atoms with Gasteiger partial charge in [0.2, 0.25) is 0 Å². The summed E-state index contributed by atoms with van der Waals surface area (Å²) in [5.74, 6) is 5.09. The molecule has 0 saturated carbocycles. The molecule has 0 heterocycles. The van der Waals surface area contributed by atoms with Crippen LogP contribution in [0.25, 0.3) is 0 Å². The first-order valence-electron chi connectivity index (χ1n) is 4.90. The molecule has 9 heteroatoms. The first-order valence-corrected chi connectivity index (χ1v) is 4.90. The molecule has 4 N–H and O–H groups in total. The fourth-order valence-corrected chi connectivity index (χ4v) is 1.34. The number of nitrogens with two attached hydrogens (primary N) is 1. The minimum Gasteiger partial charge on any atom is -0.379 e. The SMILES string of the molecule is NNc1cccc(NCCC(F)(F)F)c1[N+](=O)[O-]. The van der Waals surface area contributed by atoms with E-state index in [1.54, 1.807) is 0 Å². The predicted octanol–water partition coefficient (Wildman–Crippen LogP) is 2.24. The van der Waals surface area contributed by atoms with Crippen molar-refractivity contribution in [3.63, 3.8) is 0 Å². The zero-order valence-electron chi connectivity index (χ0n) is 9.12. The smallest absolute Gasteiger partial charge is 0.379 e. The van der Waals surface area contributed by atoms with Crippen LogP contribution in [0.5, 0.6) is 0 Å². The van der Waals surface area contributed by atoms with Crippen molar-refractivity contribution in [1.29, 1.82) is 0 Å². The number of para-hydroxylation sites is 1. The van der Waals surface area contributed by atoms with Crippen LogP contribution in [0.2, 0.25) is 0 Å². The van der Waals surface area contributed by atoms with Crippen molar-refractivity contribution in [3.05, 3.63) is 28.3 Å². The molecule has 1 aromatic rings. The molecule has 0 atom stereocenters. The van der Waals surface area contributed by atoms with Gasteiger partial charge in [-0.25, -0.2) is 0 Å². The summed E-state index contributed by atoms with van der Waals surface area (Å²) < 4.78 is 35.9. The third-order valence-electron chi connectivity index (χ3n) is 2.10.